The van der Waals surface area contributed by atoms with Gasteiger partial charge >= 0.3 is 0 Å². The lowest BCUT2D eigenvalue weighted by Crippen LogP contribution is -2.29. The molecule has 12 heavy (non-hydrogen) atoms. The Morgan fingerprint density at radius 3 is 2.42 bits per heavy atom. The molecule has 0 unspecified atom stereocenters. The fraction of sp³-hybridized carbons (Fsp3) is 0.500. The number of likely N-dealkylation sites (N-methyl/N-ethyl adjacent to an activating group) is 1. The predicted molar refractivity (Wildman–Crippen MR) is 46.5 cm³/mol. The van der Waals surface area contributed by atoms with Gasteiger partial charge in [-0.3, -0.25) is 9.59 Å². The second-order valence-corrected chi connectivity index (χ2v) is 2.46. The van der Waals surface area contributed by atoms with Crippen LogP contribution in [0, 0.1) is 0 Å². The molecule has 0 spiro atoms. The zero-order valence-electron chi connectivity index (χ0n) is 7.55. The number of carbonyl (C=O) groups excluding carboxylic acids is 2. The second-order valence-electron chi connectivity index (χ2n) is 2.46. The van der Waals surface area contributed by atoms with E-state index in [0.717, 1.165) is 0 Å². The largest absolute Gasteiger partial charge is 0.356 e. The van der Waals surface area contributed by atoms with Gasteiger partial charge in [-0.2, -0.15) is 0 Å². The molecule has 68 valence electrons. The van der Waals surface area contributed by atoms with Gasteiger partial charge in [0.15, 0.2) is 0 Å². The minimum absolute atomic E-state index is 0.107. The zero-order chi connectivity index (χ0) is 9.56. The molecule has 0 saturated heterocycles. The van der Waals surface area contributed by atoms with Gasteiger partial charge in [0.2, 0.25) is 11.8 Å². The van der Waals surface area contributed by atoms with E-state index in [2.05, 4.69) is 10.6 Å². The molecular weight excluding hydrogens is 156 g/mol. The summed E-state index contributed by atoms with van der Waals surface area (Å²) in [7, 11) is 1.55. The number of carbonyl (C=O) groups is 2. The van der Waals surface area contributed by atoms with Crippen molar-refractivity contribution in [2.45, 2.75) is 19.9 Å². The van der Waals surface area contributed by atoms with Crippen LogP contribution in [0.2, 0.25) is 0 Å². The average molecular weight is 170 g/mol. The maximum Gasteiger partial charge on any atom is 0.243 e. The first-order valence-electron chi connectivity index (χ1n) is 3.73. The summed E-state index contributed by atoms with van der Waals surface area (Å²) in [5.74, 6) is -0.281. The maximum atomic E-state index is 10.7. The normalized spacial score (nSPS) is 12.6. The zero-order valence-corrected chi connectivity index (χ0v) is 7.55. The lowest BCUT2D eigenvalue weighted by Gasteiger charge is -2.05. The van der Waals surface area contributed by atoms with Crippen molar-refractivity contribution in [3.8, 4) is 0 Å². The summed E-state index contributed by atoms with van der Waals surface area (Å²) in [6.45, 7) is 3.23. The van der Waals surface area contributed by atoms with E-state index in [9.17, 15) is 9.59 Å². The molecule has 0 bridgehead atoms. The quantitative estimate of drug-likeness (QED) is 0.577. The molecule has 0 aliphatic carbocycles. The summed E-state index contributed by atoms with van der Waals surface area (Å²) in [6.07, 6.45) is 3.01. The summed E-state index contributed by atoms with van der Waals surface area (Å²) in [5, 5.41) is 5.05. The minimum atomic E-state index is -0.174. The molecular formula is C8H14N2O2. The number of hydrogen-bond donors (Lipinski definition) is 2. The van der Waals surface area contributed by atoms with Crippen LogP contribution in [0.1, 0.15) is 13.8 Å². The average Bonchev–Trinajstić information content (AvgIpc) is 1.99. The van der Waals surface area contributed by atoms with E-state index in [1.54, 1.807) is 20.0 Å². The molecule has 0 aromatic heterocycles. The second kappa shape index (κ2) is 5.35. The molecule has 0 rings (SSSR count). The third kappa shape index (κ3) is 5.46. The number of hydrogen-bond acceptors (Lipinski definition) is 2. The summed E-state index contributed by atoms with van der Waals surface area (Å²) < 4.78 is 0. The van der Waals surface area contributed by atoms with Gasteiger partial charge in [-0.1, -0.05) is 6.08 Å². The van der Waals surface area contributed by atoms with Crippen LogP contribution in [0.4, 0.5) is 0 Å². The van der Waals surface area contributed by atoms with Crippen LogP contribution in [0.15, 0.2) is 12.2 Å². The Hall–Kier alpha value is -1.32. The third-order valence-electron chi connectivity index (χ3n) is 1.21. The highest BCUT2D eigenvalue weighted by molar-refractivity contribution is 5.87. The molecule has 0 aliphatic rings. The Morgan fingerprint density at radius 1 is 1.42 bits per heavy atom. The maximum absolute atomic E-state index is 10.7. The van der Waals surface area contributed by atoms with E-state index < -0.39 is 0 Å². The molecule has 0 saturated carbocycles. The van der Waals surface area contributed by atoms with E-state index in [4.69, 9.17) is 0 Å². The van der Waals surface area contributed by atoms with Gasteiger partial charge in [0.1, 0.15) is 0 Å². The van der Waals surface area contributed by atoms with Crippen molar-refractivity contribution in [3.63, 3.8) is 0 Å². The van der Waals surface area contributed by atoms with Crippen molar-refractivity contribution in [1.82, 2.24) is 10.6 Å². The smallest absolute Gasteiger partial charge is 0.243 e. The highest BCUT2D eigenvalue weighted by Crippen LogP contribution is 1.84. The van der Waals surface area contributed by atoms with Gasteiger partial charge in [-0.25, -0.2) is 0 Å². The van der Waals surface area contributed by atoms with Gasteiger partial charge < -0.3 is 10.6 Å². The Bertz CT molecular complexity index is 199. The van der Waals surface area contributed by atoms with Crippen molar-refractivity contribution in [2.24, 2.45) is 0 Å². The van der Waals surface area contributed by atoms with E-state index in [-0.39, 0.29) is 17.9 Å². The van der Waals surface area contributed by atoms with Crippen molar-refractivity contribution >= 4 is 11.8 Å². The van der Waals surface area contributed by atoms with Gasteiger partial charge in [-0.15, -0.1) is 0 Å². The van der Waals surface area contributed by atoms with Crippen LogP contribution < -0.4 is 10.6 Å². The van der Waals surface area contributed by atoms with Crippen molar-refractivity contribution in [2.75, 3.05) is 7.05 Å². The highest BCUT2D eigenvalue weighted by atomic mass is 16.2. The first-order chi connectivity index (χ1) is 5.56. The molecule has 0 aliphatic heterocycles. The summed E-state index contributed by atoms with van der Waals surface area (Å²) >= 11 is 0. The van der Waals surface area contributed by atoms with E-state index in [1.807, 2.05) is 0 Å². The van der Waals surface area contributed by atoms with Crippen LogP contribution in [-0.2, 0) is 9.59 Å². The van der Waals surface area contributed by atoms with Crippen LogP contribution in [0.3, 0.4) is 0 Å². The van der Waals surface area contributed by atoms with E-state index in [0.29, 0.717) is 0 Å². The Labute approximate surface area is 72.0 Å². The first-order valence-corrected chi connectivity index (χ1v) is 3.73. The Morgan fingerprint density at radius 2 is 2.00 bits per heavy atom. The van der Waals surface area contributed by atoms with Crippen molar-refractivity contribution < 1.29 is 9.59 Å². The highest BCUT2D eigenvalue weighted by Gasteiger charge is 1.97. The van der Waals surface area contributed by atoms with E-state index in [1.165, 1.54) is 13.0 Å². The summed E-state index contributed by atoms with van der Waals surface area (Å²) in [6, 6.07) is -0.111. The Balaban J connectivity index is 3.82. The minimum Gasteiger partial charge on any atom is -0.356 e. The lowest BCUT2D eigenvalue weighted by molar-refractivity contribution is -0.119. The molecule has 0 heterocycles. The molecule has 4 heteroatoms. The fourth-order valence-electron chi connectivity index (χ4n) is 0.684. The van der Waals surface area contributed by atoms with Crippen LogP contribution in [-0.4, -0.2) is 24.9 Å². The van der Waals surface area contributed by atoms with Crippen LogP contribution in [0.5, 0.6) is 0 Å². The topological polar surface area (TPSA) is 58.2 Å². The van der Waals surface area contributed by atoms with Crippen LogP contribution >= 0.6 is 0 Å². The van der Waals surface area contributed by atoms with Gasteiger partial charge in [0, 0.05) is 26.1 Å². The molecule has 2 amide bonds. The molecule has 0 aromatic carbocycles. The van der Waals surface area contributed by atoms with Gasteiger partial charge in [-0.05, 0) is 6.92 Å². The van der Waals surface area contributed by atoms with Crippen molar-refractivity contribution in [1.29, 1.82) is 0 Å². The summed E-state index contributed by atoms with van der Waals surface area (Å²) in [4.78, 5) is 21.2. The number of amides is 2. The Kier molecular flexibility index (Phi) is 4.76. The standard InChI is InChI=1S/C8H14N2O2/c1-6(10-7(2)11)4-5-8(12)9-3/h4-6H,1-3H3,(H,9,12)(H,10,11)/b5-4+/t6-/m0/s1. The summed E-state index contributed by atoms with van der Waals surface area (Å²) in [5.41, 5.74) is 0. The first kappa shape index (κ1) is 10.7. The molecule has 4 nitrogen and oxygen atoms in total. The SMILES string of the molecule is CNC(=O)/C=C/[C@H](C)NC(C)=O. The molecule has 0 aromatic rings. The number of nitrogens with one attached hydrogen (secondary N) is 2. The fourth-order valence-corrected chi connectivity index (χ4v) is 0.684. The van der Waals surface area contributed by atoms with Crippen molar-refractivity contribution in [3.05, 3.63) is 12.2 Å². The van der Waals surface area contributed by atoms with Gasteiger partial charge in [0.25, 0.3) is 0 Å². The third-order valence-corrected chi connectivity index (χ3v) is 1.21. The molecule has 2 N–H and O–H groups in total. The van der Waals surface area contributed by atoms with Crippen LogP contribution in [0.25, 0.3) is 0 Å². The lowest BCUT2D eigenvalue weighted by atomic mass is 10.3. The molecule has 1 atom stereocenters. The monoisotopic (exact) mass is 170 g/mol. The predicted octanol–water partition coefficient (Wildman–Crippen LogP) is -0.187. The molecule has 0 radical (unpaired) electrons. The molecule has 0 fully saturated rings. The van der Waals surface area contributed by atoms with E-state index >= 15 is 0 Å². The van der Waals surface area contributed by atoms with Gasteiger partial charge in [0.05, 0.1) is 0 Å². The number of rotatable bonds is 3.